The van der Waals surface area contributed by atoms with Crippen molar-refractivity contribution in [3.05, 3.63) is 103 Å². The Bertz CT molecular complexity index is 1490. The van der Waals surface area contributed by atoms with E-state index in [0.717, 1.165) is 16.0 Å². The van der Waals surface area contributed by atoms with Crippen molar-refractivity contribution in [2.24, 2.45) is 0 Å². The fraction of sp³-hybridized carbons (Fsp3) is 0.240. The van der Waals surface area contributed by atoms with Gasteiger partial charge in [-0.15, -0.1) is 11.3 Å². The van der Waals surface area contributed by atoms with Gasteiger partial charge in [-0.1, -0.05) is 48.5 Å². The maximum absolute atomic E-state index is 14.5. The van der Waals surface area contributed by atoms with Gasteiger partial charge in [0.15, 0.2) is 0 Å². The number of rotatable bonds is 4. The molecule has 0 saturated carbocycles. The first-order valence-corrected chi connectivity index (χ1v) is 11.6. The molecule has 6 nitrogen and oxygen atoms in total. The highest BCUT2D eigenvalue weighted by atomic mass is 32.1. The average molecular weight is 464 g/mol. The lowest BCUT2D eigenvalue weighted by molar-refractivity contribution is -0.129. The lowest BCUT2D eigenvalue weighted by Crippen LogP contribution is -2.40. The van der Waals surface area contributed by atoms with Crippen LogP contribution >= 0.6 is 11.3 Å². The highest BCUT2D eigenvalue weighted by molar-refractivity contribution is 7.18. The summed E-state index contributed by atoms with van der Waals surface area (Å²) in [7, 11) is 0. The number of nitrogens with zero attached hydrogens (tertiary/aromatic N) is 3. The summed E-state index contributed by atoms with van der Waals surface area (Å²) in [6.45, 7) is 2.62. The number of halogens is 1. The van der Waals surface area contributed by atoms with Crippen molar-refractivity contribution in [3.63, 3.8) is 0 Å². The molecule has 0 spiro atoms. The Labute approximate surface area is 193 Å². The molecule has 4 aromatic rings. The summed E-state index contributed by atoms with van der Waals surface area (Å²) in [5.74, 6) is -0.425. The van der Waals surface area contributed by atoms with E-state index in [1.807, 2.05) is 30.3 Å². The summed E-state index contributed by atoms with van der Waals surface area (Å²) in [6, 6.07) is 15.7. The standard InChI is InChI=1S/C25H22FN3O3S/c1-16(30)27-12-11-19-21(15-27)33-24-22(19)23(31)28(13-17-7-3-2-4-8-17)25(32)29(24)14-18-9-5-6-10-20(18)26/h2-10H,11-15H2,1H3. The van der Waals surface area contributed by atoms with E-state index in [0.29, 0.717) is 35.3 Å². The lowest BCUT2D eigenvalue weighted by atomic mass is 10.1. The minimum atomic E-state index is -0.471. The van der Waals surface area contributed by atoms with Crippen LogP contribution in [0.5, 0.6) is 0 Å². The second-order valence-electron chi connectivity index (χ2n) is 8.21. The van der Waals surface area contributed by atoms with E-state index < -0.39 is 11.5 Å². The van der Waals surface area contributed by atoms with Gasteiger partial charge in [0.2, 0.25) is 5.91 Å². The molecule has 0 bridgehead atoms. The number of carbonyl (C=O) groups excluding carboxylic acids is 1. The third-order valence-corrected chi connectivity index (χ3v) is 7.36. The minimum absolute atomic E-state index is 0.0207. The zero-order valence-corrected chi connectivity index (χ0v) is 18.9. The molecule has 0 unspecified atom stereocenters. The van der Waals surface area contributed by atoms with Crippen molar-refractivity contribution in [2.45, 2.75) is 33.0 Å². The van der Waals surface area contributed by atoms with Gasteiger partial charge >= 0.3 is 5.69 Å². The van der Waals surface area contributed by atoms with Crippen LogP contribution in [0.4, 0.5) is 4.39 Å². The molecule has 0 atom stereocenters. The van der Waals surface area contributed by atoms with Crippen molar-refractivity contribution in [1.82, 2.24) is 14.0 Å². The molecule has 3 heterocycles. The highest BCUT2D eigenvalue weighted by Crippen LogP contribution is 2.33. The first kappa shape index (κ1) is 21.3. The predicted octanol–water partition coefficient (Wildman–Crippen LogP) is 3.37. The number of benzene rings is 2. The average Bonchev–Trinajstić information content (AvgIpc) is 3.20. The second kappa shape index (κ2) is 8.44. The zero-order valence-electron chi connectivity index (χ0n) is 18.1. The van der Waals surface area contributed by atoms with E-state index in [4.69, 9.17) is 0 Å². The maximum atomic E-state index is 14.5. The summed E-state index contributed by atoms with van der Waals surface area (Å²) < 4.78 is 17.2. The first-order chi connectivity index (χ1) is 15.9. The Balaban J connectivity index is 1.74. The van der Waals surface area contributed by atoms with E-state index in [9.17, 15) is 18.8 Å². The van der Waals surface area contributed by atoms with Crippen LogP contribution in [-0.4, -0.2) is 26.5 Å². The number of fused-ring (bicyclic) bond motifs is 3. The summed E-state index contributed by atoms with van der Waals surface area (Å²) in [4.78, 5) is 42.2. The van der Waals surface area contributed by atoms with Crippen LogP contribution in [0.1, 0.15) is 28.5 Å². The molecule has 33 heavy (non-hydrogen) atoms. The Morgan fingerprint density at radius 1 is 1.00 bits per heavy atom. The molecule has 0 aliphatic carbocycles. The zero-order chi connectivity index (χ0) is 23.1. The summed E-state index contributed by atoms with van der Waals surface area (Å²) in [5, 5.41) is 0.505. The van der Waals surface area contributed by atoms with Crippen molar-refractivity contribution in [1.29, 1.82) is 0 Å². The van der Waals surface area contributed by atoms with Crippen molar-refractivity contribution in [3.8, 4) is 0 Å². The molecule has 0 radical (unpaired) electrons. The monoisotopic (exact) mass is 463 g/mol. The molecule has 1 aliphatic heterocycles. The van der Waals surface area contributed by atoms with Crippen molar-refractivity contribution in [2.75, 3.05) is 6.54 Å². The molecule has 1 amide bonds. The van der Waals surface area contributed by atoms with E-state index >= 15 is 0 Å². The fourth-order valence-electron chi connectivity index (χ4n) is 4.36. The topological polar surface area (TPSA) is 64.3 Å². The van der Waals surface area contributed by atoms with Crippen molar-refractivity contribution < 1.29 is 9.18 Å². The van der Waals surface area contributed by atoms with Crippen LogP contribution < -0.4 is 11.2 Å². The molecule has 1 aliphatic rings. The van der Waals surface area contributed by atoms with Gasteiger partial charge in [-0.2, -0.15) is 0 Å². The number of thiophene rings is 1. The van der Waals surface area contributed by atoms with E-state index in [2.05, 4.69) is 0 Å². The van der Waals surface area contributed by atoms with Gasteiger partial charge in [0.25, 0.3) is 5.56 Å². The number of carbonyl (C=O) groups is 1. The third kappa shape index (κ3) is 3.80. The third-order valence-electron chi connectivity index (χ3n) is 6.12. The minimum Gasteiger partial charge on any atom is -0.337 e. The molecule has 8 heteroatoms. The van der Waals surface area contributed by atoms with Crippen LogP contribution in [0.15, 0.2) is 64.2 Å². The molecule has 168 valence electrons. The fourth-order valence-corrected chi connectivity index (χ4v) is 5.71. The summed E-state index contributed by atoms with van der Waals surface area (Å²) >= 11 is 1.35. The smallest absolute Gasteiger partial charge is 0.332 e. The number of hydrogen-bond donors (Lipinski definition) is 0. The molecule has 5 rings (SSSR count). The van der Waals surface area contributed by atoms with Gasteiger partial charge in [0.05, 0.1) is 25.0 Å². The SMILES string of the molecule is CC(=O)N1CCc2c(sc3c2c(=O)n(Cc2ccccc2)c(=O)n3Cc2ccccc2F)C1. The quantitative estimate of drug-likeness (QED) is 0.466. The van der Waals surface area contributed by atoms with E-state index in [1.54, 1.807) is 23.1 Å². The van der Waals surface area contributed by atoms with Crippen LogP contribution in [0, 0.1) is 5.82 Å². The number of amides is 1. The van der Waals surface area contributed by atoms with E-state index in [1.165, 1.54) is 33.5 Å². The number of aromatic nitrogens is 2. The lowest BCUT2D eigenvalue weighted by Gasteiger charge is -2.25. The predicted molar refractivity (Wildman–Crippen MR) is 126 cm³/mol. The molecule has 2 aromatic heterocycles. The van der Waals surface area contributed by atoms with Gasteiger partial charge < -0.3 is 4.90 Å². The van der Waals surface area contributed by atoms with Gasteiger partial charge in [-0.3, -0.25) is 18.7 Å². The second-order valence-corrected chi connectivity index (χ2v) is 9.30. The largest absolute Gasteiger partial charge is 0.337 e. The molecule has 2 aromatic carbocycles. The molecule has 0 saturated heterocycles. The van der Waals surface area contributed by atoms with Crippen LogP contribution in [0.2, 0.25) is 0 Å². The molecular weight excluding hydrogens is 441 g/mol. The molecule has 0 fully saturated rings. The Morgan fingerprint density at radius 3 is 2.45 bits per heavy atom. The van der Waals surface area contributed by atoms with Gasteiger partial charge in [-0.05, 0) is 23.6 Å². The van der Waals surface area contributed by atoms with Crippen LogP contribution in [-0.2, 0) is 30.8 Å². The van der Waals surface area contributed by atoms with Gasteiger partial charge in [0.1, 0.15) is 10.6 Å². The van der Waals surface area contributed by atoms with Crippen LogP contribution in [0.3, 0.4) is 0 Å². The maximum Gasteiger partial charge on any atom is 0.332 e. The van der Waals surface area contributed by atoms with Crippen molar-refractivity contribution >= 4 is 27.5 Å². The van der Waals surface area contributed by atoms with Crippen LogP contribution in [0.25, 0.3) is 10.2 Å². The Kier molecular flexibility index (Phi) is 5.46. The summed E-state index contributed by atoms with van der Waals surface area (Å²) in [5.41, 5.74) is 1.29. The molecular formula is C25H22FN3O3S. The number of hydrogen-bond acceptors (Lipinski definition) is 4. The van der Waals surface area contributed by atoms with E-state index in [-0.39, 0.29) is 24.6 Å². The highest BCUT2D eigenvalue weighted by Gasteiger charge is 2.27. The molecule has 0 N–H and O–H groups in total. The first-order valence-electron chi connectivity index (χ1n) is 10.7. The normalized spacial score (nSPS) is 13.3. The Hall–Kier alpha value is -3.52. The summed E-state index contributed by atoms with van der Waals surface area (Å²) in [6.07, 6.45) is 0.549. The van der Waals surface area contributed by atoms with Gasteiger partial charge in [0, 0.05) is 23.9 Å². The Morgan fingerprint density at radius 2 is 1.73 bits per heavy atom. The van der Waals surface area contributed by atoms with Gasteiger partial charge in [-0.25, -0.2) is 9.18 Å².